The van der Waals surface area contributed by atoms with Crippen molar-refractivity contribution in [3.05, 3.63) is 69.8 Å². The molecule has 142 valence electrons. The summed E-state index contributed by atoms with van der Waals surface area (Å²) in [7, 11) is 1.43. The van der Waals surface area contributed by atoms with Gasteiger partial charge in [-0.2, -0.15) is 0 Å². The van der Waals surface area contributed by atoms with E-state index in [1.165, 1.54) is 13.2 Å². The number of Topliss-reactive ketones (excluding diaryl/α,β-unsaturated/α-hetero) is 1. The van der Waals surface area contributed by atoms with E-state index >= 15 is 0 Å². The average molecular weight is 389 g/mol. The van der Waals surface area contributed by atoms with Gasteiger partial charge in [0.1, 0.15) is 17.1 Å². The van der Waals surface area contributed by atoms with Crippen LogP contribution in [0.5, 0.6) is 11.5 Å². The lowest BCUT2D eigenvalue weighted by Crippen LogP contribution is -2.13. The van der Waals surface area contributed by atoms with Crippen LogP contribution in [0.2, 0.25) is 5.02 Å². The first kappa shape index (κ1) is 20.5. The summed E-state index contributed by atoms with van der Waals surface area (Å²) in [6.45, 7) is 5.73. The largest absolute Gasteiger partial charge is 0.507 e. The monoisotopic (exact) mass is 388 g/mol. The molecule has 0 bridgehead atoms. The van der Waals surface area contributed by atoms with Crippen molar-refractivity contribution in [1.29, 1.82) is 0 Å². The van der Waals surface area contributed by atoms with E-state index in [1.54, 1.807) is 24.3 Å². The van der Waals surface area contributed by atoms with Crippen molar-refractivity contribution in [2.24, 2.45) is 0 Å². The van der Waals surface area contributed by atoms with Crippen LogP contribution in [-0.4, -0.2) is 29.1 Å². The lowest BCUT2D eigenvalue weighted by Gasteiger charge is -2.18. The van der Waals surface area contributed by atoms with Crippen molar-refractivity contribution in [2.75, 3.05) is 7.11 Å². The molecule has 0 saturated carbocycles. The van der Waals surface area contributed by atoms with E-state index in [0.717, 1.165) is 5.57 Å². The Kier molecular flexibility index (Phi) is 6.64. The molecule has 2 aromatic carbocycles. The molecule has 2 aromatic rings. The smallest absolute Gasteiger partial charge is 0.339 e. The zero-order valence-electron chi connectivity index (χ0n) is 15.2. The summed E-state index contributed by atoms with van der Waals surface area (Å²) in [5.74, 6) is -1.67. The van der Waals surface area contributed by atoms with Crippen molar-refractivity contribution < 1.29 is 24.5 Å². The first-order valence-corrected chi connectivity index (χ1v) is 8.70. The molecular formula is C21H21ClO5. The highest BCUT2D eigenvalue weighted by Crippen LogP contribution is 2.35. The highest BCUT2D eigenvalue weighted by atomic mass is 35.5. The Balaban J connectivity index is 2.56. The van der Waals surface area contributed by atoms with E-state index < -0.39 is 11.7 Å². The standard InChI is InChI=1S/C21H21ClO5/c1-12(2)4-9-15-16(10-17(23)13-5-7-14(22)8-6-13)20(21(25)26)18(24)11-19(15)27-3/h5-8,11,24H,1,4,9-10H2,2-3H3,(H,25,26). The summed E-state index contributed by atoms with van der Waals surface area (Å²) in [5.41, 5.74) is 1.87. The Labute approximate surface area is 162 Å². The van der Waals surface area contributed by atoms with Gasteiger partial charge in [-0.15, -0.1) is 6.58 Å². The van der Waals surface area contributed by atoms with E-state index in [-0.39, 0.29) is 23.3 Å². The normalized spacial score (nSPS) is 10.5. The van der Waals surface area contributed by atoms with Gasteiger partial charge in [-0.1, -0.05) is 17.2 Å². The van der Waals surface area contributed by atoms with E-state index in [1.807, 2.05) is 6.92 Å². The predicted molar refractivity (Wildman–Crippen MR) is 104 cm³/mol. The Morgan fingerprint density at radius 3 is 2.33 bits per heavy atom. The molecule has 0 fully saturated rings. The second-order valence-corrected chi connectivity index (χ2v) is 6.74. The number of carboxylic acid groups (broad SMARTS) is 1. The molecule has 2 N–H and O–H groups in total. The molecule has 0 unspecified atom stereocenters. The number of carbonyl (C=O) groups excluding carboxylic acids is 1. The first-order valence-electron chi connectivity index (χ1n) is 8.32. The quantitative estimate of drug-likeness (QED) is 0.506. The number of carboxylic acids is 1. The van der Waals surface area contributed by atoms with Crippen LogP contribution in [-0.2, 0) is 12.8 Å². The summed E-state index contributed by atoms with van der Waals surface area (Å²) >= 11 is 5.85. The Hall–Kier alpha value is -2.79. The molecule has 0 aromatic heterocycles. The highest BCUT2D eigenvalue weighted by Gasteiger charge is 2.25. The minimum absolute atomic E-state index is 0.181. The third-order valence-corrected chi connectivity index (χ3v) is 4.48. The summed E-state index contributed by atoms with van der Waals surface area (Å²) in [6.07, 6.45) is 0.865. The Bertz CT molecular complexity index is 884. The second kappa shape index (κ2) is 8.73. The highest BCUT2D eigenvalue weighted by molar-refractivity contribution is 6.30. The molecule has 0 aliphatic heterocycles. The van der Waals surface area contributed by atoms with Crippen molar-refractivity contribution in [1.82, 2.24) is 0 Å². The van der Waals surface area contributed by atoms with Gasteiger partial charge >= 0.3 is 5.97 Å². The van der Waals surface area contributed by atoms with Gasteiger partial charge in [0.25, 0.3) is 0 Å². The van der Waals surface area contributed by atoms with Crippen molar-refractivity contribution in [2.45, 2.75) is 26.2 Å². The maximum Gasteiger partial charge on any atom is 0.339 e. The SMILES string of the molecule is C=C(C)CCc1c(OC)cc(O)c(C(=O)O)c1CC(=O)c1ccc(Cl)cc1. The zero-order valence-corrected chi connectivity index (χ0v) is 16.0. The first-order chi connectivity index (χ1) is 12.7. The fourth-order valence-corrected chi connectivity index (χ4v) is 2.99. The third kappa shape index (κ3) is 4.89. The fraction of sp³-hybridized carbons (Fsp3) is 0.238. The van der Waals surface area contributed by atoms with E-state index in [4.69, 9.17) is 16.3 Å². The molecule has 0 aliphatic carbocycles. The van der Waals surface area contributed by atoms with Gasteiger partial charge in [-0.3, -0.25) is 4.79 Å². The molecule has 6 heteroatoms. The number of rotatable bonds is 8. The topological polar surface area (TPSA) is 83.8 Å². The fourth-order valence-electron chi connectivity index (χ4n) is 2.86. The van der Waals surface area contributed by atoms with E-state index in [2.05, 4.69) is 6.58 Å². The zero-order chi connectivity index (χ0) is 20.1. The van der Waals surface area contributed by atoms with Gasteiger partial charge in [-0.25, -0.2) is 4.79 Å². The average Bonchev–Trinajstić information content (AvgIpc) is 2.60. The van der Waals surface area contributed by atoms with E-state index in [9.17, 15) is 19.8 Å². The van der Waals surface area contributed by atoms with Crippen LogP contribution in [0, 0.1) is 0 Å². The van der Waals surface area contributed by atoms with Crippen LogP contribution in [0.1, 0.15) is 45.2 Å². The summed E-state index contributed by atoms with van der Waals surface area (Å²) in [5, 5.41) is 20.3. The number of hydrogen-bond acceptors (Lipinski definition) is 4. The van der Waals surface area contributed by atoms with Crippen molar-refractivity contribution >= 4 is 23.4 Å². The minimum Gasteiger partial charge on any atom is -0.507 e. The van der Waals surface area contributed by atoms with Crippen LogP contribution in [0.15, 0.2) is 42.5 Å². The van der Waals surface area contributed by atoms with Crippen molar-refractivity contribution in [3.63, 3.8) is 0 Å². The minimum atomic E-state index is -1.30. The number of carbonyl (C=O) groups is 2. The number of allylic oxidation sites excluding steroid dienone is 1. The molecule has 2 rings (SSSR count). The van der Waals surface area contributed by atoms with Crippen LogP contribution < -0.4 is 4.74 Å². The van der Waals surface area contributed by atoms with Crippen molar-refractivity contribution in [3.8, 4) is 11.5 Å². The molecule has 5 nitrogen and oxygen atoms in total. The van der Waals surface area contributed by atoms with Gasteiger partial charge in [0.15, 0.2) is 5.78 Å². The summed E-state index contributed by atoms with van der Waals surface area (Å²) in [6, 6.07) is 7.63. The Morgan fingerprint density at radius 1 is 1.19 bits per heavy atom. The molecule has 0 aliphatic rings. The lowest BCUT2D eigenvalue weighted by molar-refractivity contribution is 0.0692. The van der Waals surface area contributed by atoms with Gasteiger partial charge < -0.3 is 14.9 Å². The number of methoxy groups -OCH3 is 1. The molecule has 27 heavy (non-hydrogen) atoms. The number of ketones is 1. The number of benzene rings is 2. The molecule has 0 amide bonds. The van der Waals surface area contributed by atoms with Crippen LogP contribution in [0.4, 0.5) is 0 Å². The van der Waals surface area contributed by atoms with E-state index in [0.29, 0.717) is 34.7 Å². The van der Waals surface area contributed by atoms with Crippen LogP contribution in [0.3, 0.4) is 0 Å². The van der Waals surface area contributed by atoms with Gasteiger partial charge in [0.2, 0.25) is 0 Å². The third-order valence-electron chi connectivity index (χ3n) is 4.23. The molecule has 0 radical (unpaired) electrons. The second-order valence-electron chi connectivity index (χ2n) is 6.30. The molecule has 0 heterocycles. The lowest BCUT2D eigenvalue weighted by atomic mass is 9.90. The molecule has 0 spiro atoms. The number of phenols is 1. The number of halogens is 1. The molecule has 0 saturated heterocycles. The summed E-state index contributed by atoms with van der Waals surface area (Å²) in [4.78, 5) is 24.5. The summed E-state index contributed by atoms with van der Waals surface area (Å²) < 4.78 is 5.33. The number of aromatic carboxylic acids is 1. The predicted octanol–water partition coefficient (Wildman–Crippen LogP) is 4.69. The van der Waals surface area contributed by atoms with Gasteiger partial charge in [0.05, 0.1) is 7.11 Å². The maximum absolute atomic E-state index is 12.7. The van der Waals surface area contributed by atoms with Crippen LogP contribution >= 0.6 is 11.6 Å². The van der Waals surface area contributed by atoms with Crippen LogP contribution in [0.25, 0.3) is 0 Å². The molecular weight excluding hydrogens is 368 g/mol. The number of hydrogen-bond donors (Lipinski definition) is 2. The Morgan fingerprint density at radius 2 is 1.81 bits per heavy atom. The molecule has 0 atom stereocenters. The number of aromatic hydroxyl groups is 1. The maximum atomic E-state index is 12.7. The van der Waals surface area contributed by atoms with Gasteiger partial charge in [-0.05, 0) is 55.2 Å². The van der Waals surface area contributed by atoms with Gasteiger partial charge in [0, 0.05) is 23.1 Å². The number of ether oxygens (including phenoxy) is 1.